The van der Waals surface area contributed by atoms with Crippen molar-refractivity contribution >= 4 is 18.5 Å². The molecule has 1 aromatic carbocycles. The molecule has 1 rings (SSSR count). The van der Waals surface area contributed by atoms with E-state index in [1.165, 1.54) is 7.05 Å². The molecule has 6 heteroatoms. The van der Waals surface area contributed by atoms with E-state index in [2.05, 4.69) is 10.5 Å². The SMILES string of the molecule is CCC/C(C)=C(/C=O)C(C(C(=O)OCC)=C(C)C)c1ccc(C=O)cc1.CCOC.CN. The van der Waals surface area contributed by atoms with Gasteiger partial charge in [0.25, 0.3) is 0 Å². The molecule has 0 aliphatic heterocycles. The number of carbonyl (C=O) groups excluding carboxylic acids is 3. The molecular formula is C26H41NO5. The molecule has 32 heavy (non-hydrogen) atoms. The molecular weight excluding hydrogens is 406 g/mol. The van der Waals surface area contributed by atoms with Gasteiger partial charge in [-0.3, -0.25) is 9.59 Å². The Labute approximate surface area is 193 Å². The number of benzene rings is 1. The number of ether oxygens (including phenoxy) is 2. The number of aldehydes is 2. The van der Waals surface area contributed by atoms with E-state index in [4.69, 9.17) is 4.74 Å². The molecule has 0 radical (unpaired) electrons. The Morgan fingerprint density at radius 1 is 1.00 bits per heavy atom. The maximum atomic E-state index is 12.6. The number of esters is 1. The summed E-state index contributed by atoms with van der Waals surface area (Å²) in [6.07, 6.45) is 3.29. The number of nitrogens with two attached hydrogens (primary N) is 1. The molecule has 2 N–H and O–H groups in total. The summed E-state index contributed by atoms with van der Waals surface area (Å²) < 4.78 is 9.80. The Morgan fingerprint density at radius 3 is 1.88 bits per heavy atom. The summed E-state index contributed by atoms with van der Waals surface area (Å²) in [5, 5.41) is 0. The zero-order valence-corrected chi connectivity index (χ0v) is 21.0. The predicted molar refractivity (Wildman–Crippen MR) is 131 cm³/mol. The van der Waals surface area contributed by atoms with Crippen LogP contribution in [0.3, 0.4) is 0 Å². The van der Waals surface area contributed by atoms with Gasteiger partial charge in [-0.2, -0.15) is 0 Å². The molecule has 0 saturated heterocycles. The number of rotatable bonds is 10. The average molecular weight is 448 g/mol. The lowest BCUT2D eigenvalue weighted by Crippen LogP contribution is -2.19. The molecule has 0 fully saturated rings. The first-order valence-electron chi connectivity index (χ1n) is 10.9. The summed E-state index contributed by atoms with van der Waals surface area (Å²) in [6, 6.07) is 6.97. The van der Waals surface area contributed by atoms with Crippen molar-refractivity contribution in [3.63, 3.8) is 0 Å². The largest absolute Gasteiger partial charge is 0.463 e. The second kappa shape index (κ2) is 19.1. The minimum absolute atomic E-state index is 0.264. The van der Waals surface area contributed by atoms with Crippen molar-refractivity contribution in [1.82, 2.24) is 0 Å². The highest BCUT2D eigenvalue weighted by Gasteiger charge is 2.29. The van der Waals surface area contributed by atoms with E-state index in [9.17, 15) is 14.4 Å². The molecule has 0 heterocycles. The van der Waals surface area contributed by atoms with Crippen molar-refractivity contribution in [2.45, 2.75) is 60.3 Å². The van der Waals surface area contributed by atoms with Gasteiger partial charge in [0.05, 0.1) is 6.61 Å². The third-order valence-electron chi connectivity index (χ3n) is 4.57. The van der Waals surface area contributed by atoms with Gasteiger partial charge in [0, 0.05) is 36.3 Å². The van der Waals surface area contributed by atoms with Gasteiger partial charge in [-0.15, -0.1) is 0 Å². The fourth-order valence-electron chi connectivity index (χ4n) is 3.02. The molecule has 1 aromatic rings. The van der Waals surface area contributed by atoms with E-state index in [0.717, 1.165) is 48.7 Å². The predicted octanol–water partition coefficient (Wildman–Crippen LogP) is 5.03. The fourth-order valence-corrected chi connectivity index (χ4v) is 3.02. The Kier molecular flexibility index (Phi) is 18.9. The molecule has 1 unspecified atom stereocenters. The summed E-state index contributed by atoms with van der Waals surface area (Å²) in [6.45, 7) is 12.5. The first kappa shape index (κ1) is 31.6. The summed E-state index contributed by atoms with van der Waals surface area (Å²) >= 11 is 0. The molecule has 0 saturated carbocycles. The van der Waals surface area contributed by atoms with Gasteiger partial charge in [-0.05, 0) is 53.7 Å². The quantitative estimate of drug-likeness (QED) is 0.307. The van der Waals surface area contributed by atoms with Gasteiger partial charge in [-0.1, -0.05) is 48.8 Å². The van der Waals surface area contributed by atoms with Crippen LogP contribution < -0.4 is 5.73 Å². The summed E-state index contributed by atoms with van der Waals surface area (Å²) in [4.78, 5) is 35.6. The zero-order valence-electron chi connectivity index (χ0n) is 21.0. The molecule has 1 atom stereocenters. The Bertz CT molecular complexity index is 742. The number of methoxy groups -OCH3 is 1. The van der Waals surface area contributed by atoms with Gasteiger partial charge in [0.1, 0.15) is 12.6 Å². The van der Waals surface area contributed by atoms with Crippen LogP contribution in [0.25, 0.3) is 0 Å². The van der Waals surface area contributed by atoms with Crippen LogP contribution in [0.15, 0.2) is 46.6 Å². The van der Waals surface area contributed by atoms with E-state index in [1.54, 1.807) is 38.3 Å². The molecule has 0 bridgehead atoms. The first-order valence-corrected chi connectivity index (χ1v) is 10.9. The monoisotopic (exact) mass is 447 g/mol. The smallest absolute Gasteiger partial charge is 0.334 e. The van der Waals surface area contributed by atoms with Crippen molar-refractivity contribution in [2.24, 2.45) is 5.73 Å². The number of hydrogen-bond donors (Lipinski definition) is 1. The standard InChI is InChI=1S/C22H28O4.C3H8O.CH5N/c1-6-8-16(5)19(14-24)21(18-11-9-17(13-23)10-12-18)20(15(3)4)22(25)26-7-2;1-3-4-2;1-2/h9-14,21H,6-8H2,1-5H3;3H2,1-2H3;2H2,1H3/b19-16-;;. The Balaban J connectivity index is 0. The number of carbonyl (C=O) groups is 3. The van der Waals surface area contributed by atoms with Crippen LogP contribution >= 0.6 is 0 Å². The van der Waals surface area contributed by atoms with Crippen LogP contribution in [-0.2, 0) is 19.1 Å². The maximum absolute atomic E-state index is 12.6. The van der Waals surface area contributed by atoms with Gasteiger partial charge in [0.15, 0.2) is 0 Å². The molecule has 0 aliphatic rings. The van der Waals surface area contributed by atoms with E-state index in [0.29, 0.717) is 16.7 Å². The summed E-state index contributed by atoms with van der Waals surface area (Å²) in [7, 11) is 3.18. The van der Waals surface area contributed by atoms with Crippen molar-refractivity contribution in [1.29, 1.82) is 0 Å². The fraction of sp³-hybridized carbons (Fsp3) is 0.500. The Morgan fingerprint density at radius 2 is 1.53 bits per heavy atom. The first-order chi connectivity index (χ1) is 15.3. The van der Waals surface area contributed by atoms with Crippen molar-refractivity contribution in [3.8, 4) is 0 Å². The normalized spacial score (nSPS) is 11.4. The second-order valence-electron chi connectivity index (χ2n) is 7.03. The van der Waals surface area contributed by atoms with Gasteiger partial charge in [0.2, 0.25) is 0 Å². The lowest BCUT2D eigenvalue weighted by molar-refractivity contribution is -0.138. The van der Waals surface area contributed by atoms with E-state index >= 15 is 0 Å². The number of allylic oxidation sites excluding steroid dienone is 3. The van der Waals surface area contributed by atoms with Crippen molar-refractivity contribution < 1.29 is 23.9 Å². The maximum Gasteiger partial charge on any atom is 0.334 e. The topological polar surface area (TPSA) is 95.7 Å². The van der Waals surface area contributed by atoms with Crippen LogP contribution in [-0.4, -0.2) is 45.9 Å². The summed E-state index contributed by atoms with van der Waals surface area (Å²) in [5.74, 6) is -0.926. The van der Waals surface area contributed by atoms with E-state index < -0.39 is 11.9 Å². The van der Waals surface area contributed by atoms with E-state index in [1.807, 2.05) is 34.6 Å². The van der Waals surface area contributed by atoms with Crippen molar-refractivity contribution in [3.05, 3.63) is 57.7 Å². The van der Waals surface area contributed by atoms with Gasteiger partial charge in [-0.25, -0.2) is 4.79 Å². The highest BCUT2D eigenvalue weighted by atomic mass is 16.5. The highest BCUT2D eigenvalue weighted by molar-refractivity contribution is 5.95. The minimum atomic E-state index is -0.510. The van der Waals surface area contributed by atoms with E-state index in [-0.39, 0.29) is 6.61 Å². The molecule has 6 nitrogen and oxygen atoms in total. The van der Waals surface area contributed by atoms with Gasteiger partial charge < -0.3 is 15.2 Å². The van der Waals surface area contributed by atoms with Crippen LogP contribution in [0, 0.1) is 0 Å². The third kappa shape index (κ3) is 10.6. The van der Waals surface area contributed by atoms with Crippen molar-refractivity contribution in [2.75, 3.05) is 27.4 Å². The Hall–Kier alpha value is -2.57. The zero-order chi connectivity index (χ0) is 25.1. The average Bonchev–Trinajstić information content (AvgIpc) is 2.80. The van der Waals surface area contributed by atoms with Crippen LogP contribution in [0.5, 0.6) is 0 Å². The molecule has 0 spiro atoms. The summed E-state index contributed by atoms with van der Waals surface area (Å²) in [5.41, 5.74) is 8.64. The highest BCUT2D eigenvalue weighted by Crippen LogP contribution is 2.36. The van der Waals surface area contributed by atoms with Crippen LogP contribution in [0.2, 0.25) is 0 Å². The molecule has 0 aliphatic carbocycles. The van der Waals surface area contributed by atoms with Crippen LogP contribution in [0.1, 0.15) is 76.2 Å². The minimum Gasteiger partial charge on any atom is -0.463 e. The number of hydrogen-bond acceptors (Lipinski definition) is 6. The second-order valence-corrected chi connectivity index (χ2v) is 7.03. The third-order valence-corrected chi connectivity index (χ3v) is 4.57. The lowest BCUT2D eigenvalue weighted by atomic mass is 9.80. The van der Waals surface area contributed by atoms with Crippen LogP contribution in [0.4, 0.5) is 0 Å². The molecule has 180 valence electrons. The lowest BCUT2D eigenvalue weighted by Gasteiger charge is -2.23. The molecule has 0 amide bonds. The molecule has 0 aromatic heterocycles. The van der Waals surface area contributed by atoms with Gasteiger partial charge >= 0.3 is 5.97 Å².